The molecule has 0 bridgehead atoms. The molecule has 0 fully saturated rings. The Morgan fingerprint density at radius 2 is 1.77 bits per heavy atom. The summed E-state index contributed by atoms with van der Waals surface area (Å²) in [5.41, 5.74) is 0.800. The minimum Gasteiger partial charge on any atom is -0.462 e. The summed E-state index contributed by atoms with van der Waals surface area (Å²) in [6, 6.07) is 9.83. The molecular weight excluding hydrogens is 336 g/mol. The van der Waals surface area contributed by atoms with Crippen molar-refractivity contribution < 1.29 is 9.47 Å². The zero-order valence-corrected chi connectivity index (χ0v) is 15.3. The first kappa shape index (κ1) is 17.9. The fraction of sp³-hybridized carbons (Fsp3) is 0.389. The van der Waals surface area contributed by atoms with Crippen LogP contribution in [0.15, 0.2) is 39.9 Å². The van der Waals surface area contributed by atoms with Crippen LogP contribution in [0.25, 0.3) is 11.2 Å². The van der Waals surface area contributed by atoms with Gasteiger partial charge < -0.3 is 9.47 Å². The summed E-state index contributed by atoms with van der Waals surface area (Å²) >= 11 is 0. The minimum atomic E-state index is -0.428. The van der Waals surface area contributed by atoms with Gasteiger partial charge in [-0.25, -0.2) is 4.79 Å². The smallest absolute Gasteiger partial charge is 0.332 e. The summed E-state index contributed by atoms with van der Waals surface area (Å²) in [4.78, 5) is 29.5. The lowest BCUT2D eigenvalue weighted by molar-refractivity contribution is 0.138. The van der Waals surface area contributed by atoms with E-state index in [2.05, 4.69) is 4.98 Å². The molecule has 0 amide bonds. The SMILES string of the molecule is COCCOc1nc2c(c(=O)n(C)c(=O)n2C)n1[C@H](C)c1ccccc1. The topological polar surface area (TPSA) is 80.3 Å². The molecular formula is C18H22N4O4. The molecule has 0 N–H and O–H groups in total. The van der Waals surface area contributed by atoms with Gasteiger partial charge in [-0.05, 0) is 12.5 Å². The quantitative estimate of drug-likeness (QED) is 0.616. The number of fused-ring (bicyclic) bond motifs is 1. The normalized spacial score (nSPS) is 12.5. The van der Waals surface area contributed by atoms with Gasteiger partial charge in [0.05, 0.1) is 12.6 Å². The molecule has 8 heteroatoms. The molecule has 1 aromatic carbocycles. The number of aromatic nitrogens is 4. The summed E-state index contributed by atoms with van der Waals surface area (Å²) in [6.07, 6.45) is 0. The monoisotopic (exact) mass is 358 g/mol. The third-order valence-electron chi connectivity index (χ3n) is 4.45. The van der Waals surface area contributed by atoms with Crippen LogP contribution in [0, 0.1) is 0 Å². The Morgan fingerprint density at radius 3 is 2.42 bits per heavy atom. The minimum absolute atomic E-state index is 0.205. The van der Waals surface area contributed by atoms with Crippen LogP contribution < -0.4 is 16.0 Å². The average Bonchev–Trinajstić information content (AvgIpc) is 3.04. The Kier molecular flexibility index (Phi) is 4.94. The number of hydrogen-bond acceptors (Lipinski definition) is 5. The molecule has 0 unspecified atom stereocenters. The van der Waals surface area contributed by atoms with Crippen LogP contribution in [0.3, 0.4) is 0 Å². The van der Waals surface area contributed by atoms with Crippen molar-refractivity contribution in [2.75, 3.05) is 20.3 Å². The van der Waals surface area contributed by atoms with E-state index in [-0.39, 0.29) is 18.7 Å². The lowest BCUT2D eigenvalue weighted by atomic mass is 10.1. The lowest BCUT2D eigenvalue weighted by Gasteiger charge is -2.17. The number of imidazole rings is 1. The molecule has 26 heavy (non-hydrogen) atoms. The maximum absolute atomic E-state index is 12.8. The first-order valence-electron chi connectivity index (χ1n) is 8.32. The van der Waals surface area contributed by atoms with Crippen molar-refractivity contribution in [1.82, 2.24) is 18.7 Å². The van der Waals surface area contributed by atoms with Crippen LogP contribution >= 0.6 is 0 Å². The molecule has 2 heterocycles. The third kappa shape index (κ3) is 2.92. The number of benzene rings is 1. The summed E-state index contributed by atoms with van der Waals surface area (Å²) < 4.78 is 15.0. The molecule has 0 spiro atoms. The Hall–Kier alpha value is -2.87. The summed E-state index contributed by atoms with van der Waals surface area (Å²) in [7, 11) is 4.63. The average molecular weight is 358 g/mol. The van der Waals surface area contributed by atoms with Crippen molar-refractivity contribution in [2.45, 2.75) is 13.0 Å². The van der Waals surface area contributed by atoms with Gasteiger partial charge in [0.2, 0.25) is 0 Å². The number of hydrogen-bond donors (Lipinski definition) is 0. The number of ether oxygens (including phenoxy) is 2. The van der Waals surface area contributed by atoms with Gasteiger partial charge in [-0.15, -0.1) is 0 Å². The van der Waals surface area contributed by atoms with E-state index in [1.165, 1.54) is 11.6 Å². The molecule has 3 aromatic rings. The van der Waals surface area contributed by atoms with E-state index in [4.69, 9.17) is 9.47 Å². The molecule has 2 aromatic heterocycles. The molecule has 138 valence electrons. The number of methoxy groups -OCH3 is 1. The molecule has 3 rings (SSSR count). The van der Waals surface area contributed by atoms with Gasteiger partial charge in [-0.2, -0.15) is 4.98 Å². The van der Waals surface area contributed by atoms with Crippen molar-refractivity contribution in [3.8, 4) is 6.01 Å². The first-order chi connectivity index (χ1) is 12.5. The van der Waals surface area contributed by atoms with E-state index in [9.17, 15) is 9.59 Å². The molecule has 0 aliphatic carbocycles. The number of aryl methyl sites for hydroxylation is 1. The van der Waals surface area contributed by atoms with Crippen LogP contribution in [0.4, 0.5) is 0 Å². The molecule has 8 nitrogen and oxygen atoms in total. The lowest BCUT2D eigenvalue weighted by Crippen LogP contribution is -2.37. The highest BCUT2D eigenvalue weighted by Gasteiger charge is 2.24. The fourth-order valence-electron chi connectivity index (χ4n) is 2.95. The van der Waals surface area contributed by atoms with Gasteiger partial charge in [0.1, 0.15) is 6.61 Å². The Bertz CT molecular complexity index is 1030. The van der Waals surface area contributed by atoms with E-state index in [1.807, 2.05) is 37.3 Å². The molecule has 0 saturated carbocycles. The number of nitrogens with zero attached hydrogens (tertiary/aromatic N) is 4. The maximum atomic E-state index is 12.8. The highest BCUT2D eigenvalue weighted by molar-refractivity contribution is 5.72. The first-order valence-corrected chi connectivity index (χ1v) is 8.32. The second kappa shape index (κ2) is 7.17. The van der Waals surface area contributed by atoms with Gasteiger partial charge in [0, 0.05) is 21.2 Å². The standard InChI is InChI=1S/C18H22N4O4/c1-12(13-8-6-5-7-9-13)22-14-15(19-17(22)26-11-10-25-4)20(2)18(24)21(3)16(14)23/h5-9,12H,10-11H2,1-4H3/t12-/m1/s1. The van der Waals surface area contributed by atoms with Crippen molar-refractivity contribution >= 4 is 11.2 Å². The van der Waals surface area contributed by atoms with Gasteiger partial charge >= 0.3 is 5.69 Å². The van der Waals surface area contributed by atoms with E-state index < -0.39 is 11.2 Å². The van der Waals surface area contributed by atoms with Crippen LogP contribution in [-0.2, 0) is 18.8 Å². The maximum Gasteiger partial charge on any atom is 0.332 e. The van der Waals surface area contributed by atoms with E-state index >= 15 is 0 Å². The summed E-state index contributed by atoms with van der Waals surface area (Å²) in [5, 5.41) is 0. The zero-order chi connectivity index (χ0) is 18.8. The van der Waals surface area contributed by atoms with Crippen molar-refractivity contribution in [2.24, 2.45) is 14.1 Å². The summed E-state index contributed by atoms with van der Waals surface area (Å²) in [5.74, 6) is 0. The Balaban J connectivity index is 2.28. The summed E-state index contributed by atoms with van der Waals surface area (Å²) in [6.45, 7) is 2.64. The second-order valence-electron chi connectivity index (χ2n) is 6.07. The largest absolute Gasteiger partial charge is 0.462 e. The molecule has 0 aliphatic heterocycles. The predicted octanol–water partition coefficient (Wildman–Crippen LogP) is 1.07. The van der Waals surface area contributed by atoms with Crippen molar-refractivity contribution in [3.05, 3.63) is 56.7 Å². The molecule has 1 atom stereocenters. The van der Waals surface area contributed by atoms with Crippen molar-refractivity contribution in [1.29, 1.82) is 0 Å². The molecule has 0 radical (unpaired) electrons. The molecule has 0 aliphatic rings. The zero-order valence-electron chi connectivity index (χ0n) is 15.3. The second-order valence-corrected chi connectivity index (χ2v) is 6.07. The highest BCUT2D eigenvalue weighted by atomic mass is 16.5. The fourth-order valence-corrected chi connectivity index (χ4v) is 2.95. The third-order valence-corrected chi connectivity index (χ3v) is 4.45. The van der Waals surface area contributed by atoms with Gasteiger partial charge in [-0.1, -0.05) is 30.3 Å². The van der Waals surface area contributed by atoms with Crippen LogP contribution in [0.1, 0.15) is 18.5 Å². The Labute approximate surface area is 150 Å². The van der Waals surface area contributed by atoms with E-state index in [0.29, 0.717) is 17.8 Å². The van der Waals surface area contributed by atoms with Gasteiger partial charge in [-0.3, -0.25) is 18.5 Å². The Morgan fingerprint density at radius 1 is 1.08 bits per heavy atom. The van der Waals surface area contributed by atoms with E-state index in [1.54, 1.807) is 18.7 Å². The van der Waals surface area contributed by atoms with Gasteiger partial charge in [0.25, 0.3) is 11.6 Å². The highest BCUT2D eigenvalue weighted by Crippen LogP contribution is 2.27. The van der Waals surface area contributed by atoms with Crippen LogP contribution in [0.5, 0.6) is 6.01 Å². The predicted molar refractivity (Wildman–Crippen MR) is 97.8 cm³/mol. The molecule has 0 saturated heterocycles. The van der Waals surface area contributed by atoms with Crippen molar-refractivity contribution in [3.63, 3.8) is 0 Å². The van der Waals surface area contributed by atoms with E-state index in [0.717, 1.165) is 10.1 Å². The number of rotatable bonds is 6. The van der Waals surface area contributed by atoms with Gasteiger partial charge in [0.15, 0.2) is 11.2 Å². The van der Waals surface area contributed by atoms with Crippen LogP contribution in [0.2, 0.25) is 0 Å². The van der Waals surface area contributed by atoms with Crippen LogP contribution in [-0.4, -0.2) is 39.0 Å².